The van der Waals surface area contributed by atoms with Gasteiger partial charge in [0, 0.05) is 25.2 Å². The molecule has 0 aromatic heterocycles. The van der Waals surface area contributed by atoms with Crippen molar-refractivity contribution >= 4 is 5.91 Å². The van der Waals surface area contributed by atoms with E-state index in [9.17, 15) is 14.3 Å². The molecule has 4 nitrogen and oxygen atoms in total. The Morgan fingerprint density at radius 2 is 2.37 bits per heavy atom. The molecule has 2 N–H and O–H groups in total. The molecule has 0 aliphatic carbocycles. The van der Waals surface area contributed by atoms with E-state index in [-0.39, 0.29) is 23.3 Å². The van der Waals surface area contributed by atoms with Gasteiger partial charge in [-0.25, -0.2) is 4.39 Å². The van der Waals surface area contributed by atoms with Crippen LogP contribution in [0.5, 0.6) is 5.75 Å². The molecule has 1 saturated heterocycles. The zero-order valence-corrected chi connectivity index (χ0v) is 11.0. The highest BCUT2D eigenvalue weighted by atomic mass is 19.1. The Morgan fingerprint density at radius 3 is 2.95 bits per heavy atom. The first-order valence-corrected chi connectivity index (χ1v) is 6.63. The van der Waals surface area contributed by atoms with E-state index in [2.05, 4.69) is 5.32 Å². The standard InChI is InChI=1S/C14H19FN2O2/c1-2-7-17(11-5-6-16-9-11)14(19)12-4-3-10(15)8-13(12)18/h3-4,8,11,16,18H,2,5-7,9H2,1H3. The molecule has 0 bridgehead atoms. The van der Waals surface area contributed by atoms with Gasteiger partial charge < -0.3 is 15.3 Å². The van der Waals surface area contributed by atoms with E-state index in [1.807, 2.05) is 6.92 Å². The van der Waals surface area contributed by atoms with E-state index in [0.717, 1.165) is 32.0 Å². The third kappa shape index (κ3) is 3.04. The smallest absolute Gasteiger partial charge is 0.257 e. The Morgan fingerprint density at radius 1 is 1.58 bits per heavy atom. The summed E-state index contributed by atoms with van der Waals surface area (Å²) < 4.78 is 13.0. The number of hydrogen-bond donors (Lipinski definition) is 2. The van der Waals surface area contributed by atoms with E-state index in [4.69, 9.17) is 0 Å². The van der Waals surface area contributed by atoms with Gasteiger partial charge in [-0.15, -0.1) is 0 Å². The van der Waals surface area contributed by atoms with Crippen molar-refractivity contribution in [3.8, 4) is 5.75 Å². The van der Waals surface area contributed by atoms with Crippen LogP contribution in [0, 0.1) is 5.82 Å². The molecule has 1 unspecified atom stereocenters. The van der Waals surface area contributed by atoms with Gasteiger partial charge in [-0.1, -0.05) is 6.92 Å². The molecular weight excluding hydrogens is 247 g/mol. The maximum Gasteiger partial charge on any atom is 0.257 e. The summed E-state index contributed by atoms with van der Waals surface area (Å²) in [6, 6.07) is 3.67. The number of benzene rings is 1. The first kappa shape index (κ1) is 13.8. The van der Waals surface area contributed by atoms with Gasteiger partial charge in [-0.2, -0.15) is 0 Å². The van der Waals surface area contributed by atoms with Gasteiger partial charge in [0.05, 0.1) is 5.56 Å². The van der Waals surface area contributed by atoms with E-state index in [1.54, 1.807) is 4.90 Å². The second-order valence-electron chi connectivity index (χ2n) is 4.81. The fourth-order valence-electron chi connectivity index (χ4n) is 2.44. The van der Waals surface area contributed by atoms with Crippen LogP contribution in [-0.4, -0.2) is 41.6 Å². The van der Waals surface area contributed by atoms with Crippen molar-refractivity contribution in [2.24, 2.45) is 0 Å². The van der Waals surface area contributed by atoms with Crippen molar-refractivity contribution < 1.29 is 14.3 Å². The van der Waals surface area contributed by atoms with Crippen LogP contribution in [0.2, 0.25) is 0 Å². The summed E-state index contributed by atoms with van der Waals surface area (Å²) in [7, 11) is 0. The lowest BCUT2D eigenvalue weighted by Crippen LogP contribution is -2.42. The zero-order chi connectivity index (χ0) is 13.8. The van der Waals surface area contributed by atoms with Gasteiger partial charge >= 0.3 is 0 Å². The minimum absolute atomic E-state index is 0.150. The monoisotopic (exact) mass is 266 g/mol. The first-order valence-electron chi connectivity index (χ1n) is 6.63. The maximum absolute atomic E-state index is 13.0. The number of rotatable bonds is 4. The van der Waals surface area contributed by atoms with Crippen LogP contribution in [0.15, 0.2) is 18.2 Å². The van der Waals surface area contributed by atoms with Crippen LogP contribution in [0.25, 0.3) is 0 Å². The highest BCUT2D eigenvalue weighted by Crippen LogP contribution is 2.22. The van der Waals surface area contributed by atoms with Crippen LogP contribution in [-0.2, 0) is 0 Å². The van der Waals surface area contributed by atoms with E-state index in [1.165, 1.54) is 12.1 Å². The maximum atomic E-state index is 13.0. The summed E-state index contributed by atoms with van der Waals surface area (Å²) in [5.41, 5.74) is 0.168. The van der Waals surface area contributed by atoms with Crippen LogP contribution in [0.4, 0.5) is 4.39 Å². The van der Waals surface area contributed by atoms with Crippen molar-refractivity contribution in [1.29, 1.82) is 0 Å². The Hall–Kier alpha value is -1.62. The summed E-state index contributed by atoms with van der Waals surface area (Å²) in [6.07, 6.45) is 1.76. The molecule has 1 amide bonds. The summed E-state index contributed by atoms with van der Waals surface area (Å²) in [5, 5.41) is 12.9. The molecule has 1 atom stereocenters. The Labute approximate surface area is 112 Å². The normalized spacial score (nSPS) is 18.5. The third-order valence-corrected chi connectivity index (χ3v) is 3.39. The number of nitrogens with zero attached hydrogens (tertiary/aromatic N) is 1. The molecule has 1 heterocycles. The Balaban J connectivity index is 2.22. The number of phenolic OH excluding ortho intramolecular Hbond substituents is 1. The van der Waals surface area contributed by atoms with Crippen molar-refractivity contribution in [2.75, 3.05) is 19.6 Å². The molecule has 1 aliphatic heterocycles. The van der Waals surface area contributed by atoms with Gasteiger partial charge in [-0.05, 0) is 31.5 Å². The summed E-state index contributed by atoms with van der Waals surface area (Å²) in [6.45, 7) is 4.32. The molecule has 1 aliphatic rings. The summed E-state index contributed by atoms with van der Waals surface area (Å²) >= 11 is 0. The van der Waals surface area contributed by atoms with Crippen LogP contribution in [0.1, 0.15) is 30.1 Å². The lowest BCUT2D eigenvalue weighted by molar-refractivity contribution is 0.0689. The topological polar surface area (TPSA) is 52.6 Å². The number of hydrogen-bond acceptors (Lipinski definition) is 3. The third-order valence-electron chi connectivity index (χ3n) is 3.39. The van der Waals surface area contributed by atoms with Crippen LogP contribution >= 0.6 is 0 Å². The van der Waals surface area contributed by atoms with E-state index >= 15 is 0 Å². The fourth-order valence-corrected chi connectivity index (χ4v) is 2.44. The van der Waals surface area contributed by atoms with Crippen molar-refractivity contribution in [3.63, 3.8) is 0 Å². The molecule has 104 valence electrons. The number of phenols is 1. The molecule has 0 saturated carbocycles. The minimum atomic E-state index is -0.543. The molecule has 0 spiro atoms. The van der Waals surface area contributed by atoms with E-state index < -0.39 is 5.82 Å². The lowest BCUT2D eigenvalue weighted by Gasteiger charge is -2.28. The van der Waals surface area contributed by atoms with Gasteiger partial charge in [-0.3, -0.25) is 4.79 Å². The largest absolute Gasteiger partial charge is 0.507 e. The Kier molecular flexibility index (Phi) is 4.37. The fraction of sp³-hybridized carbons (Fsp3) is 0.500. The number of carbonyl (C=O) groups is 1. The SMILES string of the molecule is CCCN(C(=O)c1ccc(F)cc1O)C1CCNC1. The Bertz CT molecular complexity index is 459. The highest BCUT2D eigenvalue weighted by molar-refractivity contribution is 5.97. The number of nitrogens with one attached hydrogen (secondary N) is 1. The average Bonchev–Trinajstić information content (AvgIpc) is 2.89. The number of carbonyl (C=O) groups excluding carboxylic acids is 1. The van der Waals surface area contributed by atoms with E-state index in [0.29, 0.717) is 6.54 Å². The van der Waals surface area contributed by atoms with Gasteiger partial charge in [0.1, 0.15) is 11.6 Å². The second-order valence-corrected chi connectivity index (χ2v) is 4.81. The quantitative estimate of drug-likeness (QED) is 0.873. The van der Waals surface area contributed by atoms with Gasteiger partial charge in [0.15, 0.2) is 0 Å². The van der Waals surface area contributed by atoms with Crippen LogP contribution in [0.3, 0.4) is 0 Å². The molecular formula is C14H19FN2O2. The molecule has 5 heteroatoms. The van der Waals surface area contributed by atoms with Crippen LogP contribution < -0.4 is 5.32 Å². The average molecular weight is 266 g/mol. The lowest BCUT2D eigenvalue weighted by atomic mass is 10.1. The van der Waals surface area contributed by atoms with Crippen molar-refractivity contribution in [2.45, 2.75) is 25.8 Å². The first-order chi connectivity index (χ1) is 9.13. The predicted molar refractivity (Wildman–Crippen MR) is 70.7 cm³/mol. The molecule has 19 heavy (non-hydrogen) atoms. The minimum Gasteiger partial charge on any atom is -0.507 e. The van der Waals surface area contributed by atoms with Crippen molar-refractivity contribution in [1.82, 2.24) is 10.2 Å². The number of halogens is 1. The highest BCUT2D eigenvalue weighted by Gasteiger charge is 2.28. The number of amides is 1. The predicted octanol–water partition coefficient (Wildman–Crippen LogP) is 1.75. The molecule has 1 fully saturated rings. The second kappa shape index (κ2) is 6.02. The van der Waals surface area contributed by atoms with Gasteiger partial charge in [0.2, 0.25) is 0 Å². The van der Waals surface area contributed by atoms with Gasteiger partial charge in [0.25, 0.3) is 5.91 Å². The summed E-state index contributed by atoms with van der Waals surface area (Å²) in [4.78, 5) is 14.2. The zero-order valence-electron chi connectivity index (χ0n) is 11.0. The number of aromatic hydroxyl groups is 1. The molecule has 1 aromatic rings. The molecule has 0 radical (unpaired) electrons. The molecule has 2 rings (SSSR count). The summed E-state index contributed by atoms with van der Waals surface area (Å²) in [5.74, 6) is -1.07. The molecule has 1 aromatic carbocycles. The van der Waals surface area contributed by atoms with Crippen molar-refractivity contribution in [3.05, 3.63) is 29.6 Å².